The third-order valence-electron chi connectivity index (χ3n) is 2.73. The molecule has 1 saturated carbocycles. The molecule has 0 aromatic carbocycles. The summed E-state index contributed by atoms with van der Waals surface area (Å²) in [6, 6.07) is 2.12. The molecular weight excluding hydrogens is 230 g/mol. The van der Waals surface area contributed by atoms with Crippen LogP contribution in [0, 0.1) is 0 Å². The molecule has 1 aliphatic rings. The maximum atomic E-state index is 4.68. The highest BCUT2D eigenvalue weighted by atomic mass is 32.2. The minimum absolute atomic E-state index is 0.699. The van der Waals surface area contributed by atoms with E-state index in [0.717, 1.165) is 23.9 Å². The standard InChI is InChI=1S/C13H21N3S/c1-3-7-17-9-13-15-11(10-5-6-10)8-12(16-13)14-4-2/h8,10H,3-7,9H2,1-2H3,(H,14,15,16). The van der Waals surface area contributed by atoms with Crippen molar-refractivity contribution in [1.82, 2.24) is 9.97 Å². The zero-order valence-electron chi connectivity index (χ0n) is 10.7. The van der Waals surface area contributed by atoms with Gasteiger partial charge in [-0.15, -0.1) is 0 Å². The molecule has 1 aromatic heterocycles. The Hall–Kier alpha value is -0.770. The molecule has 4 heteroatoms. The van der Waals surface area contributed by atoms with Crippen molar-refractivity contribution >= 4 is 17.6 Å². The quantitative estimate of drug-likeness (QED) is 0.753. The molecule has 1 heterocycles. The van der Waals surface area contributed by atoms with Crippen LogP contribution in [0.5, 0.6) is 0 Å². The van der Waals surface area contributed by atoms with Crippen molar-refractivity contribution in [3.05, 3.63) is 17.6 Å². The minimum atomic E-state index is 0.699. The molecule has 0 saturated heterocycles. The van der Waals surface area contributed by atoms with Gasteiger partial charge in [0.15, 0.2) is 0 Å². The van der Waals surface area contributed by atoms with Crippen LogP contribution in [0.15, 0.2) is 6.07 Å². The van der Waals surface area contributed by atoms with E-state index < -0.39 is 0 Å². The van der Waals surface area contributed by atoms with Gasteiger partial charge < -0.3 is 5.32 Å². The van der Waals surface area contributed by atoms with Gasteiger partial charge in [-0.25, -0.2) is 9.97 Å². The van der Waals surface area contributed by atoms with E-state index in [-0.39, 0.29) is 0 Å². The Morgan fingerprint density at radius 2 is 2.18 bits per heavy atom. The molecule has 0 atom stereocenters. The van der Waals surface area contributed by atoms with Crippen LogP contribution in [0.25, 0.3) is 0 Å². The van der Waals surface area contributed by atoms with Gasteiger partial charge in [-0.05, 0) is 31.9 Å². The second-order valence-electron chi connectivity index (χ2n) is 4.45. The van der Waals surface area contributed by atoms with Gasteiger partial charge in [0.05, 0.1) is 5.75 Å². The number of aromatic nitrogens is 2. The van der Waals surface area contributed by atoms with Crippen LogP contribution in [0.2, 0.25) is 0 Å². The third kappa shape index (κ3) is 3.87. The fourth-order valence-corrected chi connectivity index (χ4v) is 2.49. The van der Waals surface area contributed by atoms with Crippen molar-refractivity contribution < 1.29 is 0 Å². The first-order chi connectivity index (χ1) is 8.33. The molecule has 3 nitrogen and oxygen atoms in total. The van der Waals surface area contributed by atoms with E-state index in [9.17, 15) is 0 Å². The molecule has 0 amide bonds. The van der Waals surface area contributed by atoms with Crippen LogP contribution in [0.1, 0.15) is 50.5 Å². The Balaban J connectivity index is 2.06. The molecule has 1 aromatic rings. The molecule has 1 fully saturated rings. The Kier molecular flexibility index (Phi) is 4.66. The van der Waals surface area contributed by atoms with Crippen molar-refractivity contribution in [3.63, 3.8) is 0 Å². The molecule has 1 aliphatic carbocycles. The lowest BCUT2D eigenvalue weighted by Crippen LogP contribution is -2.05. The summed E-state index contributed by atoms with van der Waals surface area (Å²) in [6.07, 6.45) is 3.81. The first-order valence-corrected chi connectivity index (χ1v) is 7.68. The normalized spacial score (nSPS) is 14.9. The van der Waals surface area contributed by atoms with Gasteiger partial charge in [-0.3, -0.25) is 0 Å². The van der Waals surface area contributed by atoms with Gasteiger partial charge >= 0.3 is 0 Å². The number of nitrogens with zero attached hydrogens (tertiary/aromatic N) is 2. The van der Waals surface area contributed by atoms with E-state index in [0.29, 0.717) is 5.92 Å². The number of hydrogen-bond donors (Lipinski definition) is 1. The number of nitrogens with one attached hydrogen (secondary N) is 1. The lowest BCUT2D eigenvalue weighted by Gasteiger charge is -2.08. The van der Waals surface area contributed by atoms with Crippen molar-refractivity contribution in [2.75, 3.05) is 17.6 Å². The number of rotatable bonds is 7. The molecular formula is C13H21N3S. The van der Waals surface area contributed by atoms with Gasteiger partial charge in [0.2, 0.25) is 0 Å². The molecule has 0 radical (unpaired) electrons. The summed E-state index contributed by atoms with van der Waals surface area (Å²) in [6.45, 7) is 5.23. The Morgan fingerprint density at radius 1 is 1.35 bits per heavy atom. The second kappa shape index (κ2) is 6.24. The van der Waals surface area contributed by atoms with Crippen LogP contribution < -0.4 is 5.32 Å². The lowest BCUT2D eigenvalue weighted by molar-refractivity contribution is 0.927. The summed E-state index contributed by atoms with van der Waals surface area (Å²) < 4.78 is 0. The monoisotopic (exact) mass is 251 g/mol. The first kappa shape index (κ1) is 12.7. The average Bonchev–Trinajstić information content (AvgIpc) is 3.13. The van der Waals surface area contributed by atoms with Crippen molar-refractivity contribution in [3.8, 4) is 0 Å². The van der Waals surface area contributed by atoms with E-state index in [1.54, 1.807) is 0 Å². The molecule has 17 heavy (non-hydrogen) atoms. The molecule has 0 aliphatic heterocycles. The highest BCUT2D eigenvalue weighted by Crippen LogP contribution is 2.39. The predicted octanol–water partition coefficient (Wildman–Crippen LogP) is 3.43. The minimum Gasteiger partial charge on any atom is -0.370 e. The molecule has 1 N–H and O–H groups in total. The van der Waals surface area contributed by atoms with E-state index in [4.69, 9.17) is 0 Å². The van der Waals surface area contributed by atoms with Crippen molar-refractivity contribution in [1.29, 1.82) is 0 Å². The van der Waals surface area contributed by atoms with E-state index in [1.807, 2.05) is 11.8 Å². The van der Waals surface area contributed by atoms with Crippen LogP contribution in [-0.2, 0) is 5.75 Å². The van der Waals surface area contributed by atoms with Gasteiger partial charge in [0.25, 0.3) is 0 Å². The smallest absolute Gasteiger partial charge is 0.140 e. The Labute approximate surface area is 108 Å². The van der Waals surface area contributed by atoms with Gasteiger partial charge in [-0.1, -0.05) is 6.92 Å². The zero-order chi connectivity index (χ0) is 12.1. The van der Waals surface area contributed by atoms with Crippen molar-refractivity contribution in [2.24, 2.45) is 0 Å². The highest BCUT2D eigenvalue weighted by molar-refractivity contribution is 7.98. The van der Waals surface area contributed by atoms with Crippen LogP contribution >= 0.6 is 11.8 Å². The number of hydrogen-bond acceptors (Lipinski definition) is 4. The van der Waals surface area contributed by atoms with Crippen LogP contribution in [0.4, 0.5) is 5.82 Å². The maximum absolute atomic E-state index is 4.68. The Morgan fingerprint density at radius 3 is 2.82 bits per heavy atom. The van der Waals surface area contributed by atoms with Crippen LogP contribution in [-0.4, -0.2) is 22.3 Å². The maximum Gasteiger partial charge on any atom is 0.140 e. The summed E-state index contributed by atoms with van der Waals surface area (Å²) >= 11 is 1.92. The fourth-order valence-electron chi connectivity index (χ4n) is 1.75. The van der Waals surface area contributed by atoms with Gasteiger partial charge in [-0.2, -0.15) is 11.8 Å². The topological polar surface area (TPSA) is 37.8 Å². The van der Waals surface area contributed by atoms with Crippen LogP contribution in [0.3, 0.4) is 0 Å². The summed E-state index contributed by atoms with van der Waals surface area (Å²) in [5, 5.41) is 3.30. The summed E-state index contributed by atoms with van der Waals surface area (Å²) in [5.41, 5.74) is 1.24. The van der Waals surface area contributed by atoms with Crippen molar-refractivity contribution in [2.45, 2.75) is 44.8 Å². The van der Waals surface area contributed by atoms with E-state index in [1.165, 1.54) is 30.7 Å². The highest BCUT2D eigenvalue weighted by Gasteiger charge is 2.26. The lowest BCUT2D eigenvalue weighted by atomic mass is 10.2. The van der Waals surface area contributed by atoms with Gasteiger partial charge in [0, 0.05) is 24.2 Å². The molecule has 0 spiro atoms. The molecule has 94 valence electrons. The molecule has 0 unspecified atom stereocenters. The average molecular weight is 251 g/mol. The second-order valence-corrected chi connectivity index (χ2v) is 5.56. The molecule has 2 rings (SSSR count). The number of thioether (sulfide) groups is 1. The fraction of sp³-hybridized carbons (Fsp3) is 0.692. The predicted molar refractivity (Wildman–Crippen MR) is 74.6 cm³/mol. The summed E-state index contributed by atoms with van der Waals surface area (Å²) in [4.78, 5) is 9.24. The van der Waals surface area contributed by atoms with E-state index in [2.05, 4.69) is 35.2 Å². The Bertz CT molecular complexity index is 364. The number of anilines is 1. The summed E-state index contributed by atoms with van der Waals surface area (Å²) in [7, 11) is 0. The SMILES string of the molecule is CCCSCc1nc(NCC)cc(C2CC2)n1. The molecule has 0 bridgehead atoms. The zero-order valence-corrected chi connectivity index (χ0v) is 11.5. The largest absolute Gasteiger partial charge is 0.370 e. The first-order valence-electron chi connectivity index (χ1n) is 6.53. The van der Waals surface area contributed by atoms with E-state index >= 15 is 0 Å². The summed E-state index contributed by atoms with van der Waals surface area (Å²) in [5.74, 6) is 4.81. The third-order valence-corrected chi connectivity index (χ3v) is 3.88. The van der Waals surface area contributed by atoms with Gasteiger partial charge in [0.1, 0.15) is 11.6 Å².